The second-order valence-electron chi connectivity index (χ2n) is 5.35. The highest BCUT2D eigenvalue weighted by atomic mass is 19.3. The molecule has 0 atom stereocenters. The Morgan fingerprint density at radius 1 is 1.31 bits per heavy atom. The van der Waals surface area contributed by atoms with E-state index in [4.69, 9.17) is 4.74 Å². The molecule has 0 saturated heterocycles. The molecule has 1 aromatic carbocycles. The van der Waals surface area contributed by atoms with E-state index in [1.807, 2.05) is 20.0 Å². The van der Waals surface area contributed by atoms with Gasteiger partial charge in [0.2, 0.25) is 0 Å². The Kier molecular flexibility index (Phi) is 7.19. The standard InChI is InChI=1S/C17H23F2N5O2/c1-4-20-17(22-11-13-7-8-23-24(13)2)21-10-12-9-14(25-3)5-6-15(12)26-16(18)19/h5-9,16H,4,10-11H2,1-3H3,(H2,20,21,22). The number of benzene rings is 1. The van der Waals surface area contributed by atoms with Gasteiger partial charge in [-0.15, -0.1) is 0 Å². The van der Waals surface area contributed by atoms with Gasteiger partial charge in [-0.2, -0.15) is 13.9 Å². The third-order valence-corrected chi connectivity index (χ3v) is 3.59. The Hall–Kier alpha value is -2.84. The van der Waals surface area contributed by atoms with E-state index >= 15 is 0 Å². The van der Waals surface area contributed by atoms with Crippen molar-refractivity contribution in [3.8, 4) is 11.5 Å². The number of rotatable bonds is 8. The van der Waals surface area contributed by atoms with Gasteiger partial charge in [0, 0.05) is 25.4 Å². The van der Waals surface area contributed by atoms with Gasteiger partial charge < -0.3 is 20.1 Å². The van der Waals surface area contributed by atoms with Crippen LogP contribution in [0.15, 0.2) is 35.5 Å². The number of guanidine groups is 1. The quantitative estimate of drug-likeness (QED) is 0.553. The van der Waals surface area contributed by atoms with Crippen LogP contribution in [0, 0.1) is 0 Å². The van der Waals surface area contributed by atoms with Crippen molar-refractivity contribution in [3.05, 3.63) is 41.7 Å². The van der Waals surface area contributed by atoms with E-state index in [9.17, 15) is 8.78 Å². The highest BCUT2D eigenvalue weighted by Crippen LogP contribution is 2.26. The van der Waals surface area contributed by atoms with Crippen molar-refractivity contribution in [2.24, 2.45) is 12.0 Å². The summed E-state index contributed by atoms with van der Waals surface area (Å²) in [6.45, 7) is 0.386. The lowest BCUT2D eigenvalue weighted by atomic mass is 10.2. The first-order chi connectivity index (χ1) is 12.5. The number of aliphatic imine (C=N–C) groups is 1. The monoisotopic (exact) mass is 367 g/mol. The van der Waals surface area contributed by atoms with Gasteiger partial charge >= 0.3 is 6.61 Å². The van der Waals surface area contributed by atoms with Crippen LogP contribution in [-0.4, -0.2) is 36.0 Å². The van der Waals surface area contributed by atoms with Gasteiger partial charge in [-0.25, -0.2) is 4.99 Å². The van der Waals surface area contributed by atoms with Crippen molar-refractivity contribution in [3.63, 3.8) is 0 Å². The summed E-state index contributed by atoms with van der Waals surface area (Å²) in [5.41, 5.74) is 1.49. The smallest absolute Gasteiger partial charge is 0.387 e. The van der Waals surface area contributed by atoms with Gasteiger partial charge in [0.1, 0.15) is 11.5 Å². The molecule has 2 N–H and O–H groups in total. The predicted octanol–water partition coefficient (Wildman–Crippen LogP) is 2.29. The SMILES string of the molecule is CCNC(=NCc1cc(OC)ccc1OC(F)F)NCc1ccnn1C. The molecule has 9 heteroatoms. The van der Waals surface area contributed by atoms with Crippen molar-refractivity contribution in [2.75, 3.05) is 13.7 Å². The number of alkyl halides is 2. The van der Waals surface area contributed by atoms with Crippen LogP contribution in [0.2, 0.25) is 0 Å². The number of halogens is 2. The number of aromatic nitrogens is 2. The van der Waals surface area contributed by atoms with Crippen LogP contribution < -0.4 is 20.1 Å². The number of aryl methyl sites for hydroxylation is 1. The summed E-state index contributed by atoms with van der Waals surface area (Å²) in [5, 5.41) is 10.4. The fraction of sp³-hybridized carbons (Fsp3) is 0.412. The summed E-state index contributed by atoms with van der Waals surface area (Å²) in [7, 11) is 3.36. The largest absolute Gasteiger partial charge is 0.497 e. The fourth-order valence-electron chi connectivity index (χ4n) is 2.27. The normalized spacial score (nSPS) is 11.5. The Morgan fingerprint density at radius 3 is 2.73 bits per heavy atom. The van der Waals surface area contributed by atoms with Crippen LogP contribution >= 0.6 is 0 Å². The molecular weight excluding hydrogens is 344 g/mol. The molecule has 7 nitrogen and oxygen atoms in total. The minimum atomic E-state index is -2.90. The molecule has 1 heterocycles. The highest BCUT2D eigenvalue weighted by Gasteiger charge is 2.11. The van der Waals surface area contributed by atoms with Gasteiger partial charge in [-0.3, -0.25) is 4.68 Å². The first kappa shape index (κ1) is 19.5. The molecule has 0 bridgehead atoms. The Morgan fingerprint density at radius 2 is 2.12 bits per heavy atom. The Bertz CT molecular complexity index is 734. The second kappa shape index (κ2) is 9.59. The number of methoxy groups -OCH3 is 1. The molecule has 0 fully saturated rings. The zero-order valence-corrected chi connectivity index (χ0v) is 15.0. The lowest BCUT2D eigenvalue weighted by molar-refractivity contribution is -0.0504. The molecule has 0 aliphatic rings. The summed E-state index contributed by atoms with van der Waals surface area (Å²) >= 11 is 0. The molecule has 0 aliphatic heterocycles. The summed E-state index contributed by atoms with van der Waals surface area (Å²) in [5.74, 6) is 1.18. The highest BCUT2D eigenvalue weighted by molar-refractivity contribution is 5.79. The lowest BCUT2D eigenvalue weighted by Crippen LogP contribution is -2.37. The number of hydrogen-bond acceptors (Lipinski definition) is 4. The van der Waals surface area contributed by atoms with E-state index < -0.39 is 6.61 Å². The van der Waals surface area contributed by atoms with E-state index in [0.29, 0.717) is 30.4 Å². The predicted molar refractivity (Wildman–Crippen MR) is 94.5 cm³/mol. The van der Waals surface area contributed by atoms with Gasteiger partial charge in [0.25, 0.3) is 0 Å². The van der Waals surface area contributed by atoms with Crippen LogP contribution in [0.25, 0.3) is 0 Å². The van der Waals surface area contributed by atoms with Gasteiger partial charge in [0.05, 0.1) is 25.9 Å². The average molecular weight is 367 g/mol. The summed E-state index contributed by atoms with van der Waals surface area (Å²) in [6.07, 6.45) is 1.71. The first-order valence-corrected chi connectivity index (χ1v) is 8.14. The molecule has 0 aliphatic carbocycles. The topological polar surface area (TPSA) is 72.7 Å². The summed E-state index contributed by atoms with van der Waals surface area (Å²) < 4.78 is 36.7. The molecule has 1 aromatic heterocycles. The second-order valence-corrected chi connectivity index (χ2v) is 5.35. The molecule has 0 amide bonds. The molecule has 0 spiro atoms. The van der Waals surface area contributed by atoms with Crippen LogP contribution in [-0.2, 0) is 20.1 Å². The maximum atomic E-state index is 12.6. The Labute approximate surface area is 151 Å². The maximum absolute atomic E-state index is 12.6. The number of nitrogens with one attached hydrogen (secondary N) is 2. The van der Waals surface area contributed by atoms with Crippen molar-refractivity contribution in [1.82, 2.24) is 20.4 Å². The molecule has 0 saturated carbocycles. The molecule has 26 heavy (non-hydrogen) atoms. The number of ether oxygens (including phenoxy) is 2. The molecule has 142 valence electrons. The summed E-state index contributed by atoms with van der Waals surface area (Å²) in [6, 6.07) is 6.54. The van der Waals surface area contributed by atoms with E-state index in [1.165, 1.54) is 13.2 Å². The van der Waals surface area contributed by atoms with Crippen LogP contribution in [0.4, 0.5) is 8.78 Å². The van der Waals surface area contributed by atoms with E-state index in [0.717, 1.165) is 5.69 Å². The number of hydrogen-bond donors (Lipinski definition) is 2. The van der Waals surface area contributed by atoms with Gasteiger partial charge in [-0.05, 0) is 31.2 Å². The van der Waals surface area contributed by atoms with E-state index in [2.05, 4.69) is 25.5 Å². The van der Waals surface area contributed by atoms with Crippen LogP contribution in [0.5, 0.6) is 11.5 Å². The van der Waals surface area contributed by atoms with Gasteiger partial charge in [-0.1, -0.05) is 0 Å². The number of nitrogens with zero attached hydrogens (tertiary/aromatic N) is 3. The first-order valence-electron chi connectivity index (χ1n) is 8.14. The van der Waals surface area contributed by atoms with Crippen molar-refractivity contribution in [1.29, 1.82) is 0 Å². The zero-order valence-electron chi connectivity index (χ0n) is 15.0. The minimum Gasteiger partial charge on any atom is -0.497 e. The third kappa shape index (κ3) is 5.61. The molecule has 2 aromatic rings. The van der Waals surface area contributed by atoms with E-state index in [-0.39, 0.29) is 12.3 Å². The lowest BCUT2D eigenvalue weighted by Gasteiger charge is -2.13. The van der Waals surface area contributed by atoms with Crippen molar-refractivity contribution in [2.45, 2.75) is 26.6 Å². The third-order valence-electron chi connectivity index (χ3n) is 3.59. The fourth-order valence-corrected chi connectivity index (χ4v) is 2.27. The average Bonchev–Trinajstić information content (AvgIpc) is 3.03. The molecule has 2 rings (SSSR count). The van der Waals surface area contributed by atoms with Crippen molar-refractivity contribution < 1.29 is 18.3 Å². The van der Waals surface area contributed by atoms with Crippen LogP contribution in [0.3, 0.4) is 0 Å². The van der Waals surface area contributed by atoms with Crippen LogP contribution in [0.1, 0.15) is 18.2 Å². The minimum absolute atomic E-state index is 0.0760. The zero-order chi connectivity index (χ0) is 18.9. The van der Waals surface area contributed by atoms with Crippen molar-refractivity contribution >= 4 is 5.96 Å². The summed E-state index contributed by atoms with van der Waals surface area (Å²) in [4.78, 5) is 4.44. The van der Waals surface area contributed by atoms with E-state index in [1.54, 1.807) is 23.0 Å². The molecule has 0 radical (unpaired) electrons. The van der Waals surface area contributed by atoms with Gasteiger partial charge in [0.15, 0.2) is 5.96 Å². The Balaban J connectivity index is 2.13. The maximum Gasteiger partial charge on any atom is 0.387 e. The molecular formula is C17H23F2N5O2. The molecule has 0 unspecified atom stereocenters.